The minimum atomic E-state index is -0.890. The van der Waals surface area contributed by atoms with E-state index in [9.17, 15) is 19.2 Å². The van der Waals surface area contributed by atoms with Crippen molar-refractivity contribution in [2.75, 3.05) is 87.6 Å². The number of aryl methyl sites for hydroxylation is 4. The van der Waals surface area contributed by atoms with Crippen LogP contribution in [0.5, 0.6) is 11.5 Å². The zero-order valence-electron chi connectivity index (χ0n) is 42.0. The summed E-state index contributed by atoms with van der Waals surface area (Å²) in [6, 6.07) is 10.1. The van der Waals surface area contributed by atoms with Gasteiger partial charge in [-0.3, -0.25) is 38.5 Å². The average molecular weight is 1010 g/mol. The number of nitrogen functional groups attached to an aromatic ring is 1. The van der Waals surface area contributed by atoms with Crippen LogP contribution < -0.4 is 41.8 Å². The molecular formula is C50H66N14O9. The summed E-state index contributed by atoms with van der Waals surface area (Å²) >= 11 is 0. The molecular weight excluding hydrogens is 941 g/mol. The van der Waals surface area contributed by atoms with E-state index in [4.69, 9.17) is 40.5 Å². The Morgan fingerprint density at radius 3 is 2.33 bits per heavy atom. The molecule has 2 aromatic carbocycles. The van der Waals surface area contributed by atoms with Gasteiger partial charge < -0.3 is 55.6 Å². The number of nitrogens with two attached hydrogens (primary N) is 2. The average Bonchev–Trinajstić information content (AvgIpc) is 4.16. The third-order valence-corrected chi connectivity index (χ3v) is 11.2. The first-order chi connectivity index (χ1) is 35.3. The van der Waals surface area contributed by atoms with E-state index in [0.29, 0.717) is 115 Å². The highest BCUT2D eigenvalue weighted by molar-refractivity contribution is 6.04. The van der Waals surface area contributed by atoms with E-state index < -0.39 is 17.8 Å². The van der Waals surface area contributed by atoms with Crippen LogP contribution >= 0.6 is 0 Å². The third kappa shape index (κ3) is 15.2. The van der Waals surface area contributed by atoms with Crippen molar-refractivity contribution in [3.8, 4) is 11.5 Å². The molecule has 6 aromatic rings. The highest BCUT2D eigenvalue weighted by Gasteiger charge is 2.23. The predicted octanol–water partition coefficient (Wildman–Crippen LogP) is 4.44. The number of imidazole rings is 1. The maximum atomic E-state index is 13.9. The number of allylic oxidation sites excluding steroid dienone is 2. The van der Waals surface area contributed by atoms with Crippen LogP contribution in [0, 0.1) is 13.8 Å². The number of likely N-dealkylation sites (N-methyl/N-ethyl adjacent to an activating group) is 1. The predicted molar refractivity (Wildman–Crippen MR) is 277 cm³/mol. The molecule has 6 rings (SSSR count). The van der Waals surface area contributed by atoms with Gasteiger partial charge >= 0.3 is 5.97 Å². The number of fused-ring (bicyclic) bond motifs is 1. The van der Waals surface area contributed by atoms with Gasteiger partial charge in [0.15, 0.2) is 0 Å². The zero-order valence-corrected chi connectivity index (χ0v) is 42.0. The van der Waals surface area contributed by atoms with Crippen molar-refractivity contribution in [2.45, 2.75) is 66.8 Å². The van der Waals surface area contributed by atoms with Crippen LogP contribution in [-0.4, -0.2) is 134 Å². The number of nitrogens with one attached hydrogen (secondary N) is 3. The first-order valence-electron chi connectivity index (χ1n) is 24.0. The summed E-state index contributed by atoms with van der Waals surface area (Å²) in [4.78, 5) is 56.4. The van der Waals surface area contributed by atoms with Crippen molar-refractivity contribution >= 4 is 58.1 Å². The summed E-state index contributed by atoms with van der Waals surface area (Å²) in [5.74, 6) is -1.14. The van der Waals surface area contributed by atoms with E-state index in [0.717, 1.165) is 17.9 Å². The van der Waals surface area contributed by atoms with Gasteiger partial charge in [0.05, 0.1) is 86.1 Å². The Morgan fingerprint density at radius 2 is 1.59 bits per heavy atom. The van der Waals surface area contributed by atoms with E-state index in [2.05, 4.69) is 31.2 Å². The molecule has 4 heterocycles. The molecule has 23 heteroatoms. The Kier molecular flexibility index (Phi) is 20.1. The van der Waals surface area contributed by atoms with Gasteiger partial charge in [0.25, 0.3) is 5.91 Å². The molecule has 4 aromatic heterocycles. The van der Waals surface area contributed by atoms with Gasteiger partial charge in [-0.05, 0) is 77.2 Å². The Labute approximate surface area is 423 Å². The van der Waals surface area contributed by atoms with Crippen LogP contribution in [0.2, 0.25) is 0 Å². The van der Waals surface area contributed by atoms with E-state index in [1.54, 1.807) is 56.7 Å². The van der Waals surface area contributed by atoms with E-state index >= 15 is 0 Å². The number of primary amides is 1. The van der Waals surface area contributed by atoms with Crippen molar-refractivity contribution < 1.29 is 43.2 Å². The van der Waals surface area contributed by atoms with Crippen molar-refractivity contribution in [1.82, 2.24) is 44.2 Å². The molecule has 0 spiro atoms. The summed E-state index contributed by atoms with van der Waals surface area (Å²) in [5.41, 5.74) is 18.3. The monoisotopic (exact) mass is 1010 g/mol. The van der Waals surface area contributed by atoms with Gasteiger partial charge in [0.2, 0.25) is 11.9 Å². The lowest BCUT2D eigenvalue weighted by Crippen LogP contribution is -2.26. The molecule has 23 nitrogen and oxygen atoms in total. The quantitative estimate of drug-likeness (QED) is 0.0147. The number of aliphatic carboxylic acids is 1. The molecule has 2 amide bonds. The Hall–Kier alpha value is -8.02. The number of aldehydes is 1. The Morgan fingerprint density at radius 1 is 0.849 bits per heavy atom. The second-order valence-electron chi connectivity index (χ2n) is 16.7. The lowest BCUT2D eigenvalue weighted by molar-refractivity contribution is -0.136. The van der Waals surface area contributed by atoms with Gasteiger partial charge in [0, 0.05) is 56.6 Å². The third-order valence-electron chi connectivity index (χ3n) is 11.2. The van der Waals surface area contributed by atoms with Crippen LogP contribution in [0.15, 0.2) is 73.1 Å². The van der Waals surface area contributed by atoms with Gasteiger partial charge in [0.1, 0.15) is 47.9 Å². The standard InChI is InChI=1S/C50H66N14O9/c1-6-63-39(24-34(3)58-63)32-60(46-40(51)26-36(33-65)27-43(46)72-18-11-10-16-61-31-38(30-55-61)54-13-12-45(66)67)15-8-9-17-62-47-41(56-50(62)57-49(69)42-25-35(4)59-64(42)7-2)28-37(48(52)68)29-44(47)73-23-22-71-21-20-70-19-14-53-5/h8-11,24-31,33,53-54H,6-7,12-23,32,51H2,1-5H3,(H2,52,68)(H,66,67)(H,56,57,69)/b9-8+,11-10+. The number of aromatic nitrogens is 8. The number of ether oxygens (including phenoxy) is 4. The number of carbonyl (C=O) groups is 4. The molecule has 0 aliphatic carbocycles. The number of benzene rings is 2. The maximum Gasteiger partial charge on any atom is 0.305 e. The smallest absolute Gasteiger partial charge is 0.305 e. The van der Waals surface area contributed by atoms with Crippen LogP contribution in [0.4, 0.5) is 23.0 Å². The molecule has 0 bridgehead atoms. The number of nitrogens with zero attached hydrogens (tertiary/aromatic N) is 9. The van der Waals surface area contributed by atoms with Crippen LogP contribution in [0.1, 0.15) is 68.6 Å². The summed E-state index contributed by atoms with van der Waals surface area (Å²) in [7, 11) is 1.85. The van der Waals surface area contributed by atoms with E-state index in [1.807, 2.05) is 74.7 Å². The number of carbonyl (C=O) groups excluding carboxylic acids is 3. The number of carboxylic acid groups (broad SMARTS) is 1. The molecule has 8 N–H and O–H groups in total. The lowest BCUT2D eigenvalue weighted by atomic mass is 10.1. The summed E-state index contributed by atoms with van der Waals surface area (Å²) in [6.07, 6.45) is 11.7. The highest BCUT2D eigenvalue weighted by atomic mass is 16.5. The molecule has 0 saturated carbocycles. The van der Waals surface area contributed by atoms with E-state index in [1.165, 1.54) is 0 Å². The molecule has 73 heavy (non-hydrogen) atoms. The Bertz CT molecular complexity index is 2880. The van der Waals surface area contributed by atoms with Gasteiger partial charge in [-0.15, -0.1) is 0 Å². The number of rotatable bonds is 32. The van der Waals surface area contributed by atoms with Gasteiger partial charge in [-0.25, -0.2) is 4.98 Å². The summed E-state index contributed by atoms with van der Waals surface area (Å²) in [5, 5.41) is 31.4. The van der Waals surface area contributed by atoms with E-state index in [-0.39, 0.29) is 50.8 Å². The van der Waals surface area contributed by atoms with Gasteiger partial charge in [-0.1, -0.05) is 18.2 Å². The fourth-order valence-corrected chi connectivity index (χ4v) is 7.83. The molecule has 390 valence electrons. The van der Waals surface area contributed by atoms with Crippen LogP contribution in [-0.2, 0) is 47.0 Å². The number of carboxylic acids is 1. The number of anilines is 4. The zero-order chi connectivity index (χ0) is 52.3. The SMILES string of the molecule is CCn1nc(C)cc1CN(C/C=C/Cn1c(NC(=O)c2cc(C)nn2CC)nc2cc(C(N)=O)cc(OCCOCCOCCNC)c21)c1c(N)cc(C=O)cc1OC/C=C/Cn1cc(NCCC(=O)O)cn1. The van der Waals surface area contributed by atoms with Crippen molar-refractivity contribution in [1.29, 1.82) is 0 Å². The number of amides is 2. The number of hydrogen-bond acceptors (Lipinski definition) is 16. The van der Waals surface area contributed by atoms with Crippen molar-refractivity contribution in [3.05, 3.63) is 107 Å². The van der Waals surface area contributed by atoms with Gasteiger partial charge in [-0.2, -0.15) is 15.3 Å². The molecule has 0 aliphatic heterocycles. The minimum Gasteiger partial charge on any atom is -0.489 e. The lowest BCUT2D eigenvalue weighted by Gasteiger charge is -2.27. The van der Waals surface area contributed by atoms with Crippen LogP contribution in [0.3, 0.4) is 0 Å². The molecule has 0 saturated heterocycles. The summed E-state index contributed by atoms with van der Waals surface area (Å²) in [6.45, 7) is 12.8. The molecule has 0 atom stereocenters. The van der Waals surface area contributed by atoms with Crippen molar-refractivity contribution in [3.63, 3.8) is 0 Å². The highest BCUT2D eigenvalue weighted by Crippen LogP contribution is 2.37. The fourth-order valence-electron chi connectivity index (χ4n) is 7.83. The second-order valence-corrected chi connectivity index (χ2v) is 16.7. The normalized spacial score (nSPS) is 11.5. The van der Waals surface area contributed by atoms with Crippen LogP contribution in [0.25, 0.3) is 11.0 Å². The first kappa shape index (κ1) is 54.3. The largest absolute Gasteiger partial charge is 0.489 e. The fraction of sp³-hybridized carbons (Fsp3) is 0.400. The molecule has 0 radical (unpaired) electrons. The Balaban J connectivity index is 1.29. The second kappa shape index (κ2) is 27.0. The minimum absolute atomic E-state index is 0.0149. The topological polar surface area (TPSA) is 288 Å². The van der Waals surface area contributed by atoms with Crippen molar-refractivity contribution in [2.24, 2.45) is 5.73 Å². The molecule has 0 aliphatic rings. The molecule has 0 fully saturated rings. The summed E-state index contributed by atoms with van der Waals surface area (Å²) < 4.78 is 30.9. The molecule has 0 unspecified atom stereocenters. The number of hydrogen-bond donors (Lipinski definition) is 6. The maximum absolute atomic E-state index is 13.9. The first-order valence-corrected chi connectivity index (χ1v) is 24.0.